The van der Waals surface area contributed by atoms with E-state index in [4.69, 9.17) is 17.3 Å². The Labute approximate surface area is 94.8 Å². The molecular formula is C10H15ClN4. The van der Waals surface area contributed by atoms with Crippen LogP contribution in [0.4, 0.5) is 11.5 Å². The number of nitrogens with zero attached hydrogens (tertiary/aromatic N) is 3. The highest BCUT2D eigenvalue weighted by Gasteiger charge is 2.12. The second-order valence-electron chi connectivity index (χ2n) is 3.63. The Hall–Kier alpha value is -1.29. The van der Waals surface area contributed by atoms with Crippen molar-refractivity contribution < 1.29 is 0 Å². The van der Waals surface area contributed by atoms with E-state index in [1.807, 2.05) is 4.90 Å². The lowest BCUT2D eigenvalue weighted by Gasteiger charge is -2.22. The standard InChI is InChI=1S/C10H15ClN4/c1-4-15(5-7(2)3)10-8(12)9(11)13-6-14-10/h4,6-7H,1,5,12H2,2-3H3. The molecule has 0 radical (unpaired) electrons. The summed E-state index contributed by atoms with van der Waals surface area (Å²) in [4.78, 5) is 9.77. The van der Waals surface area contributed by atoms with Crippen LogP contribution in [0, 0.1) is 5.92 Å². The molecule has 4 nitrogen and oxygen atoms in total. The third kappa shape index (κ3) is 2.83. The van der Waals surface area contributed by atoms with Crippen LogP contribution in [0.3, 0.4) is 0 Å². The maximum absolute atomic E-state index is 5.81. The third-order valence-electron chi connectivity index (χ3n) is 1.87. The zero-order valence-electron chi connectivity index (χ0n) is 8.94. The summed E-state index contributed by atoms with van der Waals surface area (Å²) in [6.45, 7) is 8.73. The van der Waals surface area contributed by atoms with Gasteiger partial charge in [-0.25, -0.2) is 9.97 Å². The Kier molecular flexibility index (Phi) is 3.91. The summed E-state index contributed by atoms with van der Waals surface area (Å²) in [5, 5.41) is 0.274. The lowest BCUT2D eigenvalue weighted by molar-refractivity contribution is 0.646. The Morgan fingerprint density at radius 3 is 2.80 bits per heavy atom. The average Bonchev–Trinajstić information content (AvgIpc) is 2.19. The largest absolute Gasteiger partial charge is 0.393 e. The maximum Gasteiger partial charge on any atom is 0.160 e. The van der Waals surface area contributed by atoms with Crippen molar-refractivity contribution >= 4 is 23.1 Å². The molecule has 0 aromatic carbocycles. The predicted octanol–water partition coefficient (Wildman–Crippen LogP) is 2.32. The molecule has 0 saturated carbocycles. The quantitative estimate of drug-likeness (QED) is 0.801. The van der Waals surface area contributed by atoms with Gasteiger partial charge < -0.3 is 10.6 Å². The van der Waals surface area contributed by atoms with E-state index in [1.165, 1.54) is 6.33 Å². The molecule has 1 heterocycles. The van der Waals surface area contributed by atoms with E-state index in [1.54, 1.807) is 6.20 Å². The Morgan fingerprint density at radius 1 is 1.60 bits per heavy atom. The monoisotopic (exact) mass is 226 g/mol. The molecule has 15 heavy (non-hydrogen) atoms. The summed E-state index contributed by atoms with van der Waals surface area (Å²) in [5.74, 6) is 1.09. The number of hydrogen-bond donors (Lipinski definition) is 1. The molecule has 0 fully saturated rings. The molecule has 0 unspecified atom stereocenters. The van der Waals surface area contributed by atoms with Crippen molar-refractivity contribution in [1.82, 2.24) is 9.97 Å². The normalized spacial score (nSPS) is 10.4. The van der Waals surface area contributed by atoms with Gasteiger partial charge >= 0.3 is 0 Å². The summed E-state index contributed by atoms with van der Waals surface area (Å²) in [7, 11) is 0. The fourth-order valence-electron chi connectivity index (χ4n) is 1.24. The van der Waals surface area contributed by atoms with Crippen LogP contribution in [0.2, 0.25) is 5.15 Å². The van der Waals surface area contributed by atoms with Gasteiger partial charge in [0.15, 0.2) is 11.0 Å². The van der Waals surface area contributed by atoms with E-state index in [-0.39, 0.29) is 5.15 Å². The summed E-state index contributed by atoms with van der Waals surface area (Å²) < 4.78 is 0. The molecule has 1 aromatic rings. The van der Waals surface area contributed by atoms with Crippen LogP contribution in [-0.4, -0.2) is 16.5 Å². The molecule has 0 amide bonds. The van der Waals surface area contributed by atoms with Crippen molar-refractivity contribution in [2.75, 3.05) is 17.2 Å². The second-order valence-corrected chi connectivity index (χ2v) is 3.99. The van der Waals surface area contributed by atoms with Crippen LogP contribution >= 0.6 is 11.6 Å². The molecule has 0 atom stereocenters. The smallest absolute Gasteiger partial charge is 0.160 e. The van der Waals surface area contributed by atoms with Crippen molar-refractivity contribution in [2.45, 2.75) is 13.8 Å². The summed E-state index contributed by atoms with van der Waals surface area (Å²) >= 11 is 5.81. The molecule has 0 spiro atoms. The van der Waals surface area contributed by atoms with Crippen molar-refractivity contribution in [3.63, 3.8) is 0 Å². The van der Waals surface area contributed by atoms with Gasteiger partial charge in [-0.15, -0.1) is 0 Å². The number of hydrogen-bond acceptors (Lipinski definition) is 4. The lowest BCUT2D eigenvalue weighted by Crippen LogP contribution is -2.23. The average molecular weight is 227 g/mol. The van der Waals surface area contributed by atoms with Gasteiger partial charge in [0.2, 0.25) is 0 Å². The van der Waals surface area contributed by atoms with E-state index in [2.05, 4.69) is 30.4 Å². The van der Waals surface area contributed by atoms with E-state index in [0.717, 1.165) is 6.54 Å². The molecule has 0 aliphatic rings. The van der Waals surface area contributed by atoms with Crippen molar-refractivity contribution in [3.8, 4) is 0 Å². The van der Waals surface area contributed by atoms with Crippen LogP contribution in [0.15, 0.2) is 19.1 Å². The van der Waals surface area contributed by atoms with Crippen LogP contribution in [-0.2, 0) is 0 Å². The highest BCUT2D eigenvalue weighted by atomic mass is 35.5. The number of anilines is 2. The van der Waals surface area contributed by atoms with Gasteiger partial charge in [-0.1, -0.05) is 32.0 Å². The minimum Gasteiger partial charge on any atom is -0.393 e. The molecule has 2 N–H and O–H groups in total. The van der Waals surface area contributed by atoms with Gasteiger partial charge in [0, 0.05) is 6.54 Å². The molecule has 0 aliphatic heterocycles. The van der Waals surface area contributed by atoms with Gasteiger partial charge in [-0.2, -0.15) is 0 Å². The minimum absolute atomic E-state index is 0.274. The molecule has 82 valence electrons. The minimum atomic E-state index is 0.274. The first-order valence-corrected chi connectivity index (χ1v) is 5.09. The van der Waals surface area contributed by atoms with Crippen LogP contribution in [0.1, 0.15) is 13.8 Å². The molecular weight excluding hydrogens is 212 g/mol. The zero-order valence-corrected chi connectivity index (χ0v) is 9.70. The van der Waals surface area contributed by atoms with E-state index >= 15 is 0 Å². The van der Waals surface area contributed by atoms with E-state index in [9.17, 15) is 0 Å². The molecule has 1 rings (SSSR count). The summed E-state index contributed by atoms with van der Waals surface area (Å²) in [6, 6.07) is 0. The first-order chi connectivity index (χ1) is 7.06. The Morgan fingerprint density at radius 2 is 2.27 bits per heavy atom. The van der Waals surface area contributed by atoms with Gasteiger partial charge in [-0.05, 0) is 12.1 Å². The van der Waals surface area contributed by atoms with Crippen LogP contribution in [0.25, 0.3) is 0 Å². The first kappa shape index (κ1) is 11.8. The predicted molar refractivity (Wildman–Crippen MR) is 63.8 cm³/mol. The van der Waals surface area contributed by atoms with Crippen molar-refractivity contribution in [1.29, 1.82) is 0 Å². The van der Waals surface area contributed by atoms with Gasteiger partial charge in [0.05, 0.1) is 0 Å². The van der Waals surface area contributed by atoms with Crippen molar-refractivity contribution in [3.05, 3.63) is 24.3 Å². The zero-order chi connectivity index (χ0) is 11.4. The Bertz CT molecular complexity index is 351. The number of nitrogens with two attached hydrogens (primary N) is 1. The van der Waals surface area contributed by atoms with Crippen LogP contribution in [0.5, 0.6) is 0 Å². The van der Waals surface area contributed by atoms with E-state index in [0.29, 0.717) is 17.4 Å². The number of aromatic nitrogens is 2. The SMILES string of the molecule is C=CN(CC(C)C)c1ncnc(Cl)c1N. The summed E-state index contributed by atoms with van der Waals surface area (Å²) in [6.07, 6.45) is 3.08. The highest BCUT2D eigenvalue weighted by molar-refractivity contribution is 6.32. The maximum atomic E-state index is 5.81. The number of halogens is 1. The molecule has 1 aromatic heterocycles. The van der Waals surface area contributed by atoms with Gasteiger partial charge in [-0.3, -0.25) is 0 Å². The Balaban J connectivity index is 3.01. The molecule has 0 saturated heterocycles. The van der Waals surface area contributed by atoms with Gasteiger partial charge in [0.25, 0.3) is 0 Å². The van der Waals surface area contributed by atoms with E-state index < -0.39 is 0 Å². The summed E-state index contributed by atoms with van der Waals surface area (Å²) in [5.41, 5.74) is 6.18. The van der Waals surface area contributed by atoms with Crippen LogP contribution < -0.4 is 10.6 Å². The second kappa shape index (κ2) is 4.98. The lowest BCUT2D eigenvalue weighted by atomic mass is 10.2. The molecule has 0 bridgehead atoms. The van der Waals surface area contributed by atoms with Crippen molar-refractivity contribution in [2.24, 2.45) is 5.92 Å². The molecule has 5 heteroatoms. The topological polar surface area (TPSA) is 55.0 Å². The molecule has 0 aliphatic carbocycles. The number of nitrogen functional groups attached to an aromatic ring is 1. The fraction of sp³-hybridized carbons (Fsp3) is 0.400. The first-order valence-electron chi connectivity index (χ1n) is 4.71. The highest BCUT2D eigenvalue weighted by Crippen LogP contribution is 2.26. The number of rotatable bonds is 4. The fourth-order valence-corrected chi connectivity index (χ4v) is 1.36. The van der Waals surface area contributed by atoms with Gasteiger partial charge in [0.1, 0.15) is 12.0 Å². The third-order valence-corrected chi connectivity index (χ3v) is 2.17.